The summed E-state index contributed by atoms with van der Waals surface area (Å²) in [5.74, 6) is -0.0166. The minimum Gasteiger partial charge on any atom is -0.379 e. The number of methoxy groups -OCH3 is 1. The topological polar surface area (TPSA) is 130 Å². The molecule has 0 bridgehead atoms. The molecule has 0 aliphatic heterocycles. The Balaban J connectivity index is 1.60. The summed E-state index contributed by atoms with van der Waals surface area (Å²) in [5.41, 5.74) is -0.0739. The summed E-state index contributed by atoms with van der Waals surface area (Å²) >= 11 is 0. The second-order valence-corrected chi connectivity index (χ2v) is 7.16. The van der Waals surface area contributed by atoms with Gasteiger partial charge in [0.15, 0.2) is 5.82 Å². The van der Waals surface area contributed by atoms with E-state index in [0.29, 0.717) is 38.1 Å². The fourth-order valence-electron chi connectivity index (χ4n) is 3.63. The summed E-state index contributed by atoms with van der Waals surface area (Å²) in [6, 6.07) is 2.46. The van der Waals surface area contributed by atoms with Crippen molar-refractivity contribution in [3.63, 3.8) is 0 Å². The van der Waals surface area contributed by atoms with Crippen molar-refractivity contribution in [2.24, 2.45) is 5.92 Å². The standard InChI is InChI=1S/C19H25N5O5/c1-24(8-6-16-21-11-29-23-16)19(27)13-3-4-15(28-2)14(9-13)22-18(26)12-5-7-20-17(25)10-12/h5,7,10-11,13-15H,3-4,6,8-9H2,1-2H3,(H,20,25)(H,22,26)/t13-,14+,15+/m0/s1. The van der Waals surface area contributed by atoms with Gasteiger partial charge in [-0.3, -0.25) is 14.4 Å². The number of amides is 2. The third-order valence-corrected chi connectivity index (χ3v) is 5.25. The molecule has 1 saturated carbocycles. The first kappa shape index (κ1) is 20.7. The van der Waals surface area contributed by atoms with Crippen molar-refractivity contribution in [3.05, 3.63) is 46.5 Å². The number of aromatic nitrogens is 3. The first-order valence-electron chi connectivity index (χ1n) is 9.50. The first-order valence-corrected chi connectivity index (χ1v) is 9.50. The van der Waals surface area contributed by atoms with Gasteiger partial charge in [-0.2, -0.15) is 4.98 Å². The highest BCUT2D eigenvalue weighted by atomic mass is 16.5. The first-order chi connectivity index (χ1) is 14.0. The molecule has 10 nitrogen and oxygen atoms in total. The average molecular weight is 403 g/mol. The maximum Gasteiger partial charge on any atom is 0.251 e. The predicted molar refractivity (Wildman–Crippen MR) is 102 cm³/mol. The van der Waals surface area contributed by atoms with E-state index in [9.17, 15) is 14.4 Å². The minimum atomic E-state index is -0.360. The van der Waals surface area contributed by atoms with Crippen LogP contribution in [0.25, 0.3) is 0 Å². The third-order valence-electron chi connectivity index (χ3n) is 5.25. The SMILES string of the molecule is CO[C@@H]1CC[C@H](C(=O)N(C)CCc2ncon2)C[C@H]1NC(=O)c1cc[nH]c(=O)c1. The van der Waals surface area contributed by atoms with Gasteiger partial charge in [0.25, 0.3) is 5.91 Å². The van der Waals surface area contributed by atoms with Crippen LogP contribution >= 0.6 is 0 Å². The Hall–Kier alpha value is -3.01. The monoisotopic (exact) mass is 403 g/mol. The van der Waals surface area contributed by atoms with Crippen LogP contribution < -0.4 is 10.9 Å². The number of ether oxygens (including phenoxy) is 1. The highest BCUT2D eigenvalue weighted by molar-refractivity contribution is 5.94. The number of H-pyrrole nitrogens is 1. The fourth-order valence-corrected chi connectivity index (χ4v) is 3.63. The normalized spacial score (nSPS) is 21.5. The Bertz CT molecular complexity index is 881. The van der Waals surface area contributed by atoms with Gasteiger partial charge in [0.1, 0.15) is 0 Å². The summed E-state index contributed by atoms with van der Waals surface area (Å²) in [7, 11) is 3.34. The van der Waals surface area contributed by atoms with Crippen LogP contribution in [-0.4, -0.2) is 64.7 Å². The number of carbonyl (C=O) groups excluding carboxylic acids is 2. The van der Waals surface area contributed by atoms with Crippen LogP contribution in [0.3, 0.4) is 0 Å². The largest absolute Gasteiger partial charge is 0.379 e. The van der Waals surface area contributed by atoms with Gasteiger partial charge >= 0.3 is 0 Å². The second kappa shape index (κ2) is 9.46. The van der Waals surface area contributed by atoms with Crippen molar-refractivity contribution in [1.82, 2.24) is 25.3 Å². The molecule has 156 valence electrons. The van der Waals surface area contributed by atoms with E-state index in [2.05, 4.69) is 20.4 Å². The molecule has 1 fully saturated rings. The van der Waals surface area contributed by atoms with Gasteiger partial charge < -0.3 is 24.5 Å². The molecule has 1 aliphatic carbocycles. The number of likely N-dealkylation sites (N-methyl/N-ethyl adjacent to an activating group) is 1. The Labute approximate surface area is 167 Å². The summed E-state index contributed by atoms with van der Waals surface area (Å²) < 4.78 is 10.2. The molecule has 2 N–H and O–H groups in total. The minimum absolute atomic E-state index is 0.0125. The molecular weight excluding hydrogens is 378 g/mol. The van der Waals surface area contributed by atoms with Crippen molar-refractivity contribution in [2.45, 2.75) is 37.8 Å². The van der Waals surface area contributed by atoms with E-state index in [4.69, 9.17) is 9.26 Å². The van der Waals surface area contributed by atoms with Crippen molar-refractivity contribution in [2.75, 3.05) is 20.7 Å². The van der Waals surface area contributed by atoms with Crippen molar-refractivity contribution in [1.29, 1.82) is 0 Å². The maximum atomic E-state index is 12.9. The van der Waals surface area contributed by atoms with Crippen LogP contribution in [0.5, 0.6) is 0 Å². The highest BCUT2D eigenvalue weighted by Crippen LogP contribution is 2.28. The molecule has 29 heavy (non-hydrogen) atoms. The number of rotatable bonds is 7. The third kappa shape index (κ3) is 5.29. The van der Waals surface area contributed by atoms with Crippen LogP contribution in [0.4, 0.5) is 0 Å². The summed E-state index contributed by atoms with van der Waals surface area (Å²) in [6.45, 7) is 0.479. The zero-order valence-corrected chi connectivity index (χ0v) is 16.5. The quantitative estimate of drug-likeness (QED) is 0.683. The van der Waals surface area contributed by atoms with E-state index < -0.39 is 0 Å². The lowest BCUT2D eigenvalue weighted by Gasteiger charge is -2.36. The number of nitrogens with one attached hydrogen (secondary N) is 2. The summed E-state index contributed by atoms with van der Waals surface area (Å²) in [6.07, 6.45) is 4.82. The highest BCUT2D eigenvalue weighted by Gasteiger charge is 2.36. The van der Waals surface area contributed by atoms with Crippen LogP contribution in [0.15, 0.2) is 34.0 Å². The Morgan fingerprint density at radius 3 is 2.93 bits per heavy atom. The maximum absolute atomic E-state index is 12.9. The molecule has 3 rings (SSSR count). The smallest absolute Gasteiger partial charge is 0.251 e. The molecule has 2 aromatic heterocycles. The number of aromatic amines is 1. The Morgan fingerprint density at radius 1 is 1.41 bits per heavy atom. The van der Waals surface area contributed by atoms with E-state index >= 15 is 0 Å². The van der Waals surface area contributed by atoms with E-state index in [1.54, 1.807) is 19.1 Å². The van der Waals surface area contributed by atoms with Gasteiger partial charge in [-0.05, 0) is 25.3 Å². The number of hydrogen-bond acceptors (Lipinski definition) is 7. The van der Waals surface area contributed by atoms with Crippen molar-refractivity contribution < 1.29 is 18.8 Å². The van der Waals surface area contributed by atoms with Gasteiger partial charge in [-0.1, -0.05) is 5.16 Å². The fraction of sp³-hybridized carbons (Fsp3) is 0.526. The summed E-state index contributed by atoms with van der Waals surface area (Å²) in [4.78, 5) is 44.9. The average Bonchev–Trinajstić information content (AvgIpc) is 3.25. The molecule has 2 amide bonds. The molecule has 2 aromatic rings. The number of pyridine rings is 1. The number of nitrogens with zero attached hydrogens (tertiary/aromatic N) is 3. The molecule has 2 heterocycles. The van der Waals surface area contributed by atoms with Gasteiger partial charge in [-0.25, -0.2) is 0 Å². The lowest BCUT2D eigenvalue weighted by Crippen LogP contribution is -2.50. The van der Waals surface area contributed by atoms with Crippen LogP contribution in [-0.2, 0) is 16.0 Å². The Morgan fingerprint density at radius 2 is 2.24 bits per heavy atom. The Kier molecular flexibility index (Phi) is 6.76. The molecule has 3 atom stereocenters. The molecule has 0 unspecified atom stereocenters. The molecule has 0 aromatic carbocycles. The molecule has 10 heteroatoms. The van der Waals surface area contributed by atoms with E-state index in [1.807, 2.05) is 0 Å². The summed E-state index contributed by atoms with van der Waals surface area (Å²) in [5, 5.41) is 6.67. The molecule has 1 aliphatic rings. The molecule has 0 saturated heterocycles. The van der Waals surface area contributed by atoms with Crippen LogP contribution in [0.1, 0.15) is 35.4 Å². The number of hydrogen-bond donors (Lipinski definition) is 2. The van der Waals surface area contributed by atoms with Crippen LogP contribution in [0.2, 0.25) is 0 Å². The molecule has 0 spiro atoms. The van der Waals surface area contributed by atoms with Gasteiger partial charge in [0, 0.05) is 50.9 Å². The number of carbonyl (C=O) groups is 2. The van der Waals surface area contributed by atoms with Gasteiger partial charge in [0.2, 0.25) is 17.9 Å². The van der Waals surface area contributed by atoms with Gasteiger partial charge in [0.05, 0.1) is 12.1 Å². The molecule has 0 radical (unpaired) electrons. The lowest BCUT2D eigenvalue weighted by atomic mass is 9.82. The van der Waals surface area contributed by atoms with E-state index in [0.717, 1.165) is 0 Å². The van der Waals surface area contributed by atoms with Crippen molar-refractivity contribution >= 4 is 11.8 Å². The lowest BCUT2D eigenvalue weighted by molar-refractivity contribution is -0.136. The van der Waals surface area contributed by atoms with E-state index in [1.165, 1.54) is 24.7 Å². The zero-order chi connectivity index (χ0) is 20.8. The zero-order valence-electron chi connectivity index (χ0n) is 16.5. The predicted octanol–water partition coefficient (Wildman–Crippen LogP) is 0.373. The van der Waals surface area contributed by atoms with Gasteiger partial charge in [-0.15, -0.1) is 0 Å². The molecular formula is C19H25N5O5. The van der Waals surface area contributed by atoms with Crippen molar-refractivity contribution in [3.8, 4) is 0 Å². The second-order valence-electron chi connectivity index (χ2n) is 7.16. The van der Waals surface area contributed by atoms with E-state index in [-0.39, 0.29) is 41.0 Å². The van der Waals surface area contributed by atoms with Crippen LogP contribution in [0, 0.1) is 5.92 Å².